The molecule has 0 amide bonds. The van der Waals surface area contributed by atoms with E-state index in [2.05, 4.69) is 6.92 Å². The molecule has 0 aliphatic heterocycles. The maximum absolute atomic E-state index is 11.0. The maximum Gasteiger partial charge on any atom is 0.146 e. The Morgan fingerprint density at radius 1 is 1.43 bits per heavy atom. The van der Waals surface area contributed by atoms with Crippen LogP contribution in [0.2, 0.25) is 0 Å². The van der Waals surface area contributed by atoms with Crippen LogP contribution in [0.4, 0.5) is 0 Å². The number of hydrogen-bond acceptors (Lipinski definition) is 2. The summed E-state index contributed by atoms with van der Waals surface area (Å²) in [6, 6.07) is -0.240. The number of unbranched alkanes of at least 4 members (excludes halogenated alkanes) is 1. The molecule has 2 heteroatoms. The lowest BCUT2D eigenvalue weighted by molar-refractivity contribution is -0.119. The van der Waals surface area contributed by atoms with E-state index < -0.39 is 0 Å². The van der Waals surface area contributed by atoms with Gasteiger partial charge in [-0.2, -0.15) is 0 Å². The van der Waals surface area contributed by atoms with Gasteiger partial charge in [0.2, 0.25) is 0 Å². The van der Waals surface area contributed by atoms with E-state index in [0.29, 0.717) is 5.92 Å². The predicted molar refractivity (Wildman–Crippen MR) is 59.0 cm³/mol. The van der Waals surface area contributed by atoms with Crippen molar-refractivity contribution in [2.45, 2.75) is 58.4 Å². The molecule has 2 N–H and O–H groups in total. The van der Waals surface area contributed by atoms with E-state index in [9.17, 15) is 4.79 Å². The molecule has 2 atom stereocenters. The second kappa shape index (κ2) is 5.50. The smallest absolute Gasteiger partial charge is 0.146 e. The van der Waals surface area contributed by atoms with Crippen LogP contribution < -0.4 is 5.73 Å². The highest BCUT2D eigenvalue weighted by atomic mass is 16.1. The normalized spacial score (nSPS) is 20.5. The van der Waals surface area contributed by atoms with Crippen LogP contribution >= 0.6 is 0 Å². The standard InChI is InChI=1S/C12H23NO/c1-9(12(13)10(2)14)5-3-4-6-11-7-8-11/h9,11-12H,3-8,13H2,1-2H3/t9-,12+/m0/s1. The van der Waals surface area contributed by atoms with Crippen LogP contribution in [0, 0.1) is 11.8 Å². The lowest BCUT2D eigenvalue weighted by Gasteiger charge is -2.16. The first kappa shape index (κ1) is 11.7. The van der Waals surface area contributed by atoms with Crippen molar-refractivity contribution in [1.29, 1.82) is 0 Å². The van der Waals surface area contributed by atoms with Crippen molar-refractivity contribution in [3.8, 4) is 0 Å². The quantitative estimate of drug-likeness (QED) is 0.637. The number of Topliss-reactive ketones (excluding diaryl/α,β-unsaturated/α-hetero) is 1. The molecule has 2 nitrogen and oxygen atoms in total. The fraction of sp³-hybridized carbons (Fsp3) is 0.917. The van der Waals surface area contributed by atoms with Gasteiger partial charge >= 0.3 is 0 Å². The summed E-state index contributed by atoms with van der Waals surface area (Å²) in [5.41, 5.74) is 5.76. The molecule has 1 saturated carbocycles. The molecule has 82 valence electrons. The second-order valence-corrected chi connectivity index (χ2v) is 4.84. The van der Waals surface area contributed by atoms with Gasteiger partial charge in [-0.25, -0.2) is 0 Å². The molecule has 0 unspecified atom stereocenters. The lowest BCUT2D eigenvalue weighted by atomic mass is 9.93. The van der Waals surface area contributed by atoms with Crippen LogP contribution in [0.1, 0.15) is 52.4 Å². The summed E-state index contributed by atoms with van der Waals surface area (Å²) in [6.07, 6.45) is 7.94. The van der Waals surface area contributed by atoms with Crippen LogP contribution in [-0.2, 0) is 4.79 Å². The Hall–Kier alpha value is -0.370. The van der Waals surface area contributed by atoms with E-state index in [4.69, 9.17) is 5.73 Å². The van der Waals surface area contributed by atoms with Crippen LogP contribution in [0.3, 0.4) is 0 Å². The monoisotopic (exact) mass is 197 g/mol. The largest absolute Gasteiger partial charge is 0.321 e. The number of ketones is 1. The molecule has 14 heavy (non-hydrogen) atoms. The Kier molecular flexibility index (Phi) is 4.59. The Morgan fingerprint density at radius 3 is 2.57 bits per heavy atom. The third kappa shape index (κ3) is 4.23. The van der Waals surface area contributed by atoms with Gasteiger partial charge in [-0.1, -0.05) is 39.0 Å². The van der Waals surface area contributed by atoms with E-state index in [0.717, 1.165) is 12.3 Å². The Bertz CT molecular complexity index is 187. The summed E-state index contributed by atoms with van der Waals surface area (Å²) in [7, 11) is 0. The molecule has 1 aliphatic carbocycles. The molecular weight excluding hydrogens is 174 g/mol. The minimum Gasteiger partial charge on any atom is -0.321 e. The van der Waals surface area contributed by atoms with Gasteiger partial charge in [0.05, 0.1) is 6.04 Å². The fourth-order valence-electron chi connectivity index (χ4n) is 1.89. The van der Waals surface area contributed by atoms with Crippen molar-refractivity contribution < 1.29 is 4.79 Å². The predicted octanol–water partition coefficient (Wildman–Crippen LogP) is 2.51. The molecule has 0 aromatic heterocycles. The van der Waals surface area contributed by atoms with Gasteiger partial charge in [0.1, 0.15) is 5.78 Å². The third-order valence-corrected chi connectivity index (χ3v) is 3.30. The highest BCUT2D eigenvalue weighted by molar-refractivity contribution is 5.81. The zero-order chi connectivity index (χ0) is 10.6. The van der Waals surface area contributed by atoms with E-state index >= 15 is 0 Å². The average molecular weight is 197 g/mol. The van der Waals surface area contributed by atoms with Crippen molar-refractivity contribution in [2.24, 2.45) is 17.6 Å². The van der Waals surface area contributed by atoms with Crippen molar-refractivity contribution in [1.82, 2.24) is 0 Å². The SMILES string of the molecule is CC(=O)[C@H](N)[C@@H](C)CCCCC1CC1. The van der Waals surface area contributed by atoms with Crippen LogP contribution in [-0.4, -0.2) is 11.8 Å². The first-order valence-electron chi connectivity index (χ1n) is 5.87. The summed E-state index contributed by atoms with van der Waals surface area (Å²) in [6.45, 7) is 3.68. The molecule has 0 spiro atoms. The van der Waals surface area contributed by atoms with E-state index in [-0.39, 0.29) is 11.8 Å². The number of carbonyl (C=O) groups excluding carboxylic acids is 1. The van der Waals surface area contributed by atoms with Crippen LogP contribution in [0.25, 0.3) is 0 Å². The molecule has 0 aromatic rings. The Balaban J connectivity index is 2.00. The van der Waals surface area contributed by atoms with Crippen LogP contribution in [0.5, 0.6) is 0 Å². The van der Waals surface area contributed by atoms with Crippen molar-refractivity contribution in [3.05, 3.63) is 0 Å². The third-order valence-electron chi connectivity index (χ3n) is 3.30. The summed E-state index contributed by atoms with van der Waals surface area (Å²) in [5, 5.41) is 0. The number of carbonyl (C=O) groups is 1. The molecule has 0 aromatic carbocycles. The summed E-state index contributed by atoms with van der Waals surface area (Å²) >= 11 is 0. The van der Waals surface area contributed by atoms with Gasteiger partial charge in [0, 0.05) is 0 Å². The average Bonchev–Trinajstić information content (AvgIpc) is 2.94. The van der Waals surface area contributed by atoms with E-state index in [1.165, 1.54) is 32.1 Å². The first-order valence-corrected chi connectivity index (χ1v) is 5.87. The molecular formula is C12H23NO. The van der Waals surface area contributed by atoms with Crippen molar-refractivity contribution in [2.75, 3.05) is 0 Å². The number of rotatable bonds is 7. The van der Waals surface area contributed by atoms with Gasteiger partial charge in [-0.05, 0) is 25.2 Å². The fourth-order valence-corrected chi connectivity index (χ4v) is 1.89. The Labute approximate surface area is 87.2 Å². The summed E-state index contributed by atoms with van der Waals surface area (Å²) in [4.78, 5) is 11.0. The highest BCUT2D eigenvalue weighted by Crippen LogP contribution is 2.34. The first-order chi connectivity index (χ1) is 6.61. The molecule has 1 rings (SSSR count). The highest BCUT2D eigenvalue weighted by Gasteiger charge is 2.21. The van der Waals surface area contributed by atoms with Gasteiger partial charge in [0.15, 0.2) is 0 Å². The molecule has 1 fully saturated rings. The van der Waals surface area contributed by atoms with Gasteiger partial charge in [0.25, 0.3) is 0 Å². The zero-order valence-corrected chi connectivity index (χ0v) is 9.46. The van der Waals surface area contributed by atoms with Crippen molar-refractivity contribution >= 4 is 5.78 Å². The number of nitrogens with two attached hydrogens (primary N) is 1. The molecule has 0 bridgehead atoms. The summed E-state index contributed by atoms with van der Waals surface area (Å²) in [5.74, 6) is 1.51. The maximum atomic E-state index is 11.0. The zero-order valence-electron chi connectivity index (χ0n) is 9.46. The minimum atomic E-state index is -0.240. The second-order valence-electron chi connectivity index (χ2n) is 4.84. The number of hydrogen-bond donors (Lipinski definition) is 1. The minimum absolute atomic E-state index is 0.125. The van der Waals surface area contributed by atoms with E-state index in [1.54, 1.807) is 6.92 Å². The van der Waals surface area contributed by atoms with E-state index in [1.807, 2.05) is 0 Å². The van der Waals surface area contributed by atoms with Gasteiger partial charge in [-0.3, -0.25) is 4.79 Å². The molecule has 0 heterocycles. The molecule has 1 aliphatic rings. The van der Waals surface area contributed by atoms with Crippen LogP contribution in [0.15, 0.2) is 0 Å². The Morgan fingerprint density at radius 2 is 2.07 bits per heavy atom. The van der Waals surface area contributed by atoms with Crippen molar-refractivity contribution in [3.63, 3.8) is 0 Å². The lowest BCUT2D eigenvalue weighted by Crippen LogP contribution is -2.35. The summed E-state index contributed by atoms with van der Waals surface area (Å²) < 4.78 is 0. The topological polar surface area (TPSA) is 43.1 Å². The van der Waals surface area contributed by atoms with Gasteiger partial charge in [-0.15, -0.1) is 0 Å². The molecule has 0 saturated heterocycles. The van der Waals surface area contributed by atoms with Gasteiger partial charge < -0.3 is 5.73 Å². The molecule has 0 radical (unpaired) electrons.